The predicted molar refractivity (Wildman–Crippen MR) is 107 cm³/mol. The summed E-state index contributed by atoms with van der Waals surface area (Å²) in [6.45, 7) is 16.9. The zero-order chi connectivity index (χ0) is 19.2. The van der Waals surface area contributed by atoms with Crippen LogP contribution in [0.2, 0.25) is 0 Å². The van der Waals surface area contributed by atoms with Gasteiger partial charge < -0.3 is 5.11 Å². The van der Waals surface area contributed by atoms with Gasteiger partial charge in [0.15, 0.2) is 0 Å². The smallest absolute Gasteiger partial charge is 0.140 e. The number of aromatic hydroxyl groups is 1. The minimum absolute atomic E-state index is 0.0225. The van der Waals surface area contributed by atoms with Crippen LogP contribution in [0.5, 0.6) is 5.75 Å². The molecule has 1 aliphatic carbocycles. The molecular weight excluding hydrogens is 328 g/mol. The Morgan fingerprint density at radius 1 is 1.12 bits per heavy atom. The molecule has 0 fully saturated rings. The highest BCUT2D eigenvalue weighted by Gasteiger charge is 2.35. The molecular formula is C22H32O2S. The van der Waals surface area contributed by atoms with Crippen molar-refractivity contribution in [3.63, 3.8) is 0 Å². The highest BCUT2D eigenvalue weighted by molar-refractivity contribution is 8.03. The molecule has 1 aromatic rings. The van der Waals surface area contributed by atoms with E-state index in [4.69, 9.17) is 0 Å². The van der Waals surface area contributed by atoms with Gasteiger partial charge in [-0.2, -0.15) is 0 Å². The van der Waals surface area contributed by atoms with Crippen LogP contribution in [-0.2, 0) is 10.2 Å². The number of allylic oxidation sites excluding steroid dienone is 2. The van der Waals surface area contributed by atoms with Crippen molar-refractivity contribution in [3.8, 4) is 5.75 Å². The van der Waals surface area contributed by atoms with Crippen LogP contribution in [-0.4, -0.2) is 10.9 Å². The van der Waals surface area contributed by atoms with Gasteiger partial charge in [0.1, 0.15) is 11.5 Å². The first kappa shape index (κ1) is 20.1. The summed E-state index contributed by atoms with van der Waals surface area (Å²) in [6, 6.07) is 3.98. The molecule has 1 N–H and O–H groups in total. The van der Waals surface area contributed by atoms with E-state index in [2.05, 4.69) is 60.6 Å². The molecule has 0 radical (unpaired) electrons. The Morgan fingerprint density at radius 3 is 2.24 bits per heavy atom. The van der Waals surface area contributed by atoms with Gasteiger partial charge in [-0.05, 0) is 46.3 Å². The minimum Gasteiger partial charge on any atom is -0.508 e. The van der Waals surface area contributed by atoms with Crippen LogP contribution in [0.3, 0.4) is 0 Å². The van der Waals surface area contributed by atoms with Crippen molar-refractivity contribution < 1.29 is 9.90 Å². The number of ketones is 1. The standard InChI is InChI=1S/C22H32O2S/c1-13-9-17(23)15(21(3,4)5)11-19(13)25-20-12-16(22(6,7)8)18(24)10-14(20)2/h9,11-12,14,16,23H,10H2,1-8H3. The topological polar surface area (TPSA) is 37.3 Å². The molecule has 0 spiro atoms. The molecule has 0 heterocycles. The van der Waals surface area contributed by atoms with Crippen LogP contribution in [0, 0.1) is 24.2 Å². The van der Waals surface area contributed by atoms with Gasteiger partial charge in [0.2, 0.25) is 0 Å². The number of aryl methyl sites for hydroxylation is 1. The van der Waals surface area contributed by atoms with E-state index in [1.165, 1.54) is 9.80 Å². The number of hydrogen-bond donors (Lipinski definition) is 1. The van der Waals surface area contributed by atoms with E-state index >= 15 is 0 Å². The zero-order valence-corrected chi connectivity index (χ0v) is 17.7. The van der Waals surface area contributed by atoms with Crippen molar-refractivity contribution >= 4 is 17.5 Å². The van der Waals surface area contributed by atoms with Gasteiger partial charge in [0.05, 0.1) is 0 Å². The van der Waals surface area contributed by atoms with Crippen LogP contribution in [0.15, 0.2) is 28.0 Å². The summed E-state index contributed by atoms with van der Waals surface area (Å²) in [7, 11) is 0. The molecule has 0 saturated carbocycles. The van der Waals surface area contributed by atoms with Gasteiger partial charge in [-0.25, -0.2) is 0 Å². The van der Waals surface area contributed by atoms with Crippen LogP contribution in [0.4, 0.5) is 0 Å². The van der Waals surface area contributed by atoms with E-state index < -0.39 is 0 Å². The molecule has 25 heavy (non-hydrogen) atoms. The highest BCUT2D eigenvalue weighted by atomic mass is 32.2. The number of thioether (sulfide) groups is 1. The van der Waals surface area contributed by atoms with Crippen molar-refractivity contribution in [2.45, 2.75) is 72.1 Å². The van der Waals surface area contributed by atoms with Gasteiger partial charge in [-0.15, -0.1) is 0 Å². The van der Waals surface area contributed by atoms with Crippen molar-refractivity contribution in [2.75, 3.05) is 0 Å². The minimum atomic E-state index is -0.108. The van der Waals surface area contributed by atoms with Crippen LogP contribution in [0.1, 0.15) is 66.0 Å². The molecule has 138 valence electrons. The number of Topliss-reactive ketones (excluding diaryl/α,β-unsaturated/α-hetero) is 1. The van der Waals surface area contributed by atoms with Gasteiger partial charge in [-0.1, -0.05) is 66.3 Å². The lowest BCUT2D eigenvalue weighted by Crippen LogP contribution is -2.31. The molecule has 2 nitrogen and oxygen atoms in total. The fraction of sp³-hybridized carbons (Fsp3) is 0.591. The van der Waals surface area contributed by atoms with E-state index in [0.717, 1.165) is 11.1 Å². The van der Waals surface area contributed by atoms with E-state index in [0.29, 0.717) is 18.0 Å². The highest BCUT2D eigenvalue weighted by Crippen LogP contribution is 2.45. The summed E-state index contributed by atoms with van der Waals surface area (Å²) in [5.41, 5.74) is 1.88. The van der Waals surface area contributed by atoms with E-state index in [-0.39, 0.29) is 22.7 Å². The first-order valence-corrected chi connectivity index (χ1v) is 9.88. The molecule has 2 atom stereocenters. The third-order valence-electron chi connectivity index (χ3n) is 4.93. The molecule has 2 unspecified atom stereocenters. The maximum Gasteiger partial charge on any atom is 0.140 e. The molecule has 0 amide bonds. The molecule has 1 aliphatic rings. The van der Waals surface area contributed by atoms with Crippen LogP contribution >= 0.6 is 11.8 Å². The number of benzene rings is 1. The second-order valence-corrected chi connectivity index (χ2v) is 10.6. The largest absolute Gasteiger partial charge is 0.508 e. The Balaban J connectivity index is 2.43. The molecule has 0 aromatic heterocycles. The third-order valence-corrected chi connectivity index (χ3v) is 6.37. The number of rotatable bonds is 2. The molecule has 3 heteroatoms. The Hall–Kier alpha value is -1.22. The third kappa shape index (κ3) is 4.49. The summed E-state index contributed by atoms with van der Waals surface area (Å²) in [5, 5.41) is 10.3. The number of hydrogen-bond acceptors (Lipinski definition) is 3. The number of carbonyl (C=O) groups is 1. The summed E-state index contributed by atoms with van der Waals surface area (Å²) in [6.07, 6.45) is 2.80. The molecule has 2 rings (SSSR count). The second kappa shape index (κ2) is 6.83. The Morgan fingerprint density at radius 2 is 1.72 bits per heavy atom. The summed E-state index contributed by atoms with van der Waals surface area (Å²) < 4.78 is 0. The summed E-state index contributed by atoms with van der Waals surface area (Å²) in [4.78, 5) is 14.9. The predicted octanol–water partition coefficient (Wildman–Crippen LogP) is 6.25. The van der Waals surface area contributed by atoms with Gasteiger partial charge in [0, 0.05) is 22.8 Å². The average molecular weight is 361 g/mol. The Bertz CT molecular complexity index is 702. The maximum atomic E-state index is 12.5. The Kier molecular flexibility index (Phi) is 5.49. The van der Waals surface area contributed by atoms with Gasteiger partial charge >= 0.3 is 0 Å². The molecule has 0 saturated heterocycles. The second-order valence-electron chi connectivity index (χ2n) is 9.47. The van der Waals surface area contributed by atoms with Crippen LogP contribution in [0.25, 0.3) is 0 Å². The SMILES string of the molecule is Cc1cc(O)c(C(C)(C)C)cc1SC1=CC(C(C)(C)C)C(=O)CC1C. The lowest BCUT2D eigenvalue weighted by Gasteiger charge is -2.33. The van der Waals surface area contributed by atoms with Gasteiger partial charge in [-0.3, -0.25) is 4.79 Å². The molecule has 1 aromatic carbocycles. The van der Waals surface area contributed by atoms with E-state index in [1.807, 2.05) is 13.0 Å². The normalized spacial score (nSPS) is 22.1. The van der Waals surface area contributed by atoms with Crippen molar-refractivity contribution in [2.24, 2.45) is 17.3 Å². The van der Waals surface area contributed by atoms with Crippen molar-refractivity contribution in [3.05, 3.63) is 34.2 Å². The fourth-order valence-corrected chi connectivity index (χ4v) is 4.47. The fourth-order valence-electron chi connectivity index (χ4n) is 3.33. The number of phenolic OH excluding ortho intramolecular Hbond substituents is 1. The number of carbonyl (C=O) groups excluding carboxylic acids is 1. The van der Waals surface area contributed by atoms with Crippen molar-refractivity contribution in [1.29, 1.82) is 0 Å². The van der Waals surface area contributed by atoms with Gasteiger partial charge in [0.25, 0.3) is 0 Å². The summed E-state index contributed by atoms with van der Waals surface area (Å²) >= 11 is 1.76. The lowest BCUT2D eigenvalue weighted by molar-refractivity contribution is -0.125. The van der Waals surface area contributed by atoms with Crippen LogP contribution < -0.4 is 0 Å². The first-order valence-electron chi connectivity index (χ1n) is 9.07. The van der Waals surface area contributed by atoms with E-state index in [9.17, 15) is 9.90 Å². The summed E-state index contributed by atoms with van der Waals surface area (Å²) in [5.74, 6) is 0.943. The zero-order valence-electron chi connectivity index (χ0n) is 16.9. The first-order chi connectivity index (χ1) is 11.3. The van der Waals surface area contributed by atoms with Crippen molar-refractivity contribution in [1.82, 2.24) is 0 Å². The quantitative estimate of drug-likeness (QED) is 0.677. The average Bonchev–Trinajstić information content (AvgIpc) is 2.41. The Labute approximate surface area is 157 Å². The maximum absolute atomic E-state index is 12.5. The monoisotopic (exact) mass is 360 g/mol. The van der Waals surface area contributed by atoms with E-state index in [1.54, 1.807) is 11.8 Å². The molecule has 0 aliphatic heterocycles. The molecule has 0 bridgehead atoms. The number of phenols is 1. The lowest BCUT2D eigenvalue weighted by atomic mass is 9.73.